The summed E-state index contributed by atoms with van der Waals surface area (Å²) < 4.78 is 26.4. The van der Waals surface area contributed by atoms with E-state index in [1.807, 2.05) is 56.3 Å². The van der Waals surface area contributed by atoms with Crippen molar-refractivity contribution in [3.05, 3.63) is 65.2 Å². The van der Waals surface area contributed by atoms with Crippen LogP contribution in [0.25, 0.3) is 0 Å². The first-order valence-electron chi connectivity index (χ1n) is 13.2. The average Bonchev–Trinajstić information content (AvgIpc) is 2.87. The number of amides is 2. The van der Waals surface area contributed by atoms with E-state index < -0.39 is 16.1 Å². The van der Waals surface area contributed by atoms with Gasteiger partial charge < -0.3 is 10.2 Å². The summed E-state index contributed by atoms with van der Waals surface area (Å²) in [5.41, 5.74) is 3.64. The molecular weight excluding hydrogens is 486 g/mol. The summed E-state index contributed by atoms with van der Waals surface area (Å²) in [4.78, 5) is 28.2. The van der Waals surface area contributed by atoms with Crippen molar-refractivity contribution in [3.8, 4) is 0 Å². The molecule has 1 N–H and O–H groups in total. The highest BCUT2D eigenvalue weighted by Gasteiger charge is 2.28. The Morgan fingerprint density at radius 2 is 1.68 bits per heavy atom. The van der Waals surface area contributed by atoms with Gasteiger partial charge in [0.2, 0.25) is 21.8 Å². The molecule has 3 rings (SSSR count). The van der Waals surface area contributed by atoms with Crippen molar-refractivity contribution >= 4 is 27.5 Å². The molecule has 0 aliphatic heterocycles. The van der Waals surface area contributed by atoms with Gasteiger partial charge in [-0.25, -0.2) is 8.42 Å². The van der Waals surface area contributed by atoms with Crippen LogP contribution in [0.4, 0.5) is 5.69 Å². The molecule has 0 bridgehead atoms. The minimum Gasteiger partial charge on any atom is -0.352 e. The van der Waals surface area contributed by atoms with Crippen molar-refractivity contribution in [3.63, 3.8) is 0 Å². The number of anilines is 1. The maximum absolute atomic E-state index is 13.4. The maximum Gasteiger partial charge on any atom is 0.242 e. The van der Waals surface area contributed by atoms with Crippen LogP contribution in [0.5, 0.6) is 0 Å². The zero-order chi connectivity index (χ0) is 27.0. The van der Waals surface area contributed by atoms with Gasteiger partial charge in [0.1, 0.15) is 6.04 Å². The molecule has 0 heterocycles. The summed E-state index contributed by atoms with van der Waals surface area (Å²) in [6.45, 7) is 6.22. The van der Waals surface area contributed by atoms with Crippen molar-refractivity contribution in [1.29, 1.82) is 0 Å². The zero-order valence-electron chi connectivity index (χ0n) is 22.6. The van der Waals surface area contributed by atoms with Gasteiger partial charge >= 0.3 is 0 Å². The summed E-state index contributed by atoms with van der Waals surface area (Å²) in [7, 11) is -3.52. The average molecular weight is 528 g/mol. The fourth-order valence-corrected chi connectivity index (χ4v) is 5.77. The zero-order valence-corrected chi connectivity index (χ0v) is 23.4. The first kappa shape index (κ1) is 28.7. The summed E-state index contributed by atoms with van der Waals surface area (Å²) in [5.74, 6) is -0.298. The van der Waals surface area contributed by atoms with E-state index in [2.05, 4.69) is 5.32 Å². The third kappa shape index (κ3) is 8.32. The lowest BCUT2D eigenvalue weighted by molar-refractivity contribution is -0.141. The molecule has 8 heteroatoms. The Morgan fingerprint density at radius 1 is 1.00 bits per heavy atom. The normalized spacial score (nSPS) is 15.1. The van der Waals surface area contributed by atoms with E-state index in [0.29, 0.717) is 18.7 Å². The second kappa shape index (κ2) is 13.1. The molecule has 37 heavy (non-hydrogen) atoms. The van der Waals surface area contributed by atoms with E-state index in [4.69, 9.17) is 0 Å². The molecule has 1 saturated carbocycles. The van der Waals surface area contributed by atoms with Crippen LogP contribution < -0.4 is 9.62 Å². The molecule has 0 saturated heterocycles. The van der Waals surface area contributed by atoms with E-state index in [0.717, 1.165) is 42.4 Å². The summed E-state index contributed by atoms with van der Waals surface area (Å²) >= 11 is 0. The Morgan fingerprint density at radius 3 is 2.30 bits per heavy atom. The minimum absolute atomic E-state index is 0.135. The van der Waals surface area contributed by atoms with Crippen molar-refractivity contribution in [2.24, 2.45) is 0 Å². The number of benzene rings is 2. The molecule has 202 valence electrons. The van der Waals surface area contributed by atoms with Crippen molar-refractivity contribution in [2.75, 3.05) is 17.1 Å². The van der Waals surface area contributed by atoms with Crippen molar-refractivity contribution < 1.29 is 18.0 Å². The van der Waals surface area contributed by atoms with E-state index in [9.17, 15) is 18.0 Å². The second-order valence-electron chi connectivity index (χ2n) is 10.2. The molecule has 1 aliphatic carbocycles. The minimum atomic E-state index is -3.52. The largest absolute Gasteiger partial charge is 0.352 e. The van der Waals surface area contributed by atoms with E-state index in [1.165, 1.54) is 17.0 Å². The summed E-state index contributed by atoms with van der Waals surface area (Å²) in [6.07, 6.45) is 7.06. The van der Waals surface area contributed by atoms with Crippen LogP contribution in [0.1, 0.15) is 68.6 Å². The molecule has 2 aromatic carbocycles. The van der Waals surface area contributed by atoms with E-state index in [-0.39, 0.29) is 30.8 Å². The number of nitrogens with zero attached hydrogens (tertiary/aromatic N) is 2. The number of sulfonamides is 1. The number of carbonyl (C=O) groups excluding carboxylic acids is 2. The number of nitrogens with one attached hydrogen (secondary N) is 1. The Balaban J connectivity index is 1.70. The molecule has 2 aromatic rings. The first-order valence-corrected chi connectivity index (χ1v) is 15.1. The number of aryl methyl sites for hydroxylation is 2. The first-order chi connectivity index (χ1) is 17.6. The molecule has 7 nitrogen and oxygen atoms in total. The van der Waals surface area contributed by atoms with E-state index >= 15 is 0 Å². The van der Waals surface area contributed by atoms with Gasteiger partial charge in [-0.3, -0.25) is 13.9 Å². The van der Waals surface area contributed by atoms with Crippen molar-refractivity contribution in [2.45, 2.75) is 84.3 Å². The van der Waals surface area contributed by atoms with Gasteiger partial charge in [0.15, 0.2) is 0 Å². The SMILES string of the molecule is Cc1ccc(N(CCCC(=O)N(Cc2ccccc2)C(C)C(=O)NC2CCCCC2)S(C)(=O)=O)cc1C. The predicted octanol–water partition coefficient (Wildman–Crippen LogP) is 4.72. The summed E-state index contributed by atoms with van der Waals surface area (Å²) in [5, 5.41) is 3.14. The fourth-order valence-electron chi connectivity index (χ4n) is 4.82. The third-order valence-electron chi connectivity index (χ3n) is 7.25. The van der Waals surface area contributed by atoms with Crippen LogP contribution in [0.2, 0.25) is 0 Å². The predicted molar refractivity (Wildman–Crippen MR) is 149 cm³/mol. The molecule has 0 aromatic heterocycles. The highest BCUT2D eigenvalue weighted by atomic mass is 32.2. The van der Waals surface area contributed by atoms with Crippen LogP contribution in [0.15, 0.2) is 48.5 Å². The number of rotatable bonds is 11. The smallest absolute Gasteiger partial charge is 0.242 e. The van der Waals surface area contributed by atoms with E-state index in [1.54, 1.807) is 17.9 Å². The third-order valence-corrected chi connectivity index (χ3v) is 8.44. The van der Waals surface area contributed by atoms with Crippen LogP contribution in [0, 0.1) is 13.8 Å². The quantitative estimate of drug-likeness (QED) is 0.458. The lowest BCUT2D eigenvalue weighted by atomic mass is 9.95. The molecule has 1 atom stereocenters. The van der Waals surface area contributed by atoms with Gasteiger partial charge in [-0.05, 0) is 68.9 Å². The van der Waals surface area contributed by atoms with Gasteiger partial charge in [-0.1, -0.05) is 55.7 Å². The lowest BCUT2D eigenvalue weighted by Crippen LogP contribution is -2.50. The van der Waals surface area contributed by atoms with Gasteiger partial charge in [0, 0.05) is 25.6 Å². The Labute approximate surface area is 222 Å². The topological polar surface area (TPSA) is 86.8 Å². The van der Waals surface area contributed by atoms with Crippen LogP contribution >= 0.6 is 0 Å². The highest BCUT2D eigenvalue weighted by molar-refractivity contribution is 7.92. The van der Waals surface area contributed by atoms with Gasteiger partial charge in [0.05, 0.1) is 11.9 Å². The van der Waals surface area contributed by atoms with Crippen LogP contribution in [-0.4, -0.2) is 50.0 Å². The van der Waals surface area contributed by atoms with Gasteiger partial charge in [-0.15, -0.1) is 0 Å². The Kier molecular flexibility index (Phi) is 10.1. The van der Waals surface area contributed by atoms with Crippen molar-refractivity contribution in [1.82, 2.24) is 10.2 Å². The molecule has 1 aliphatic rings. The molecule has 0 radical (unpaired) electrons. The standard InChI is InChI=1S/C29H41N3O4S/c1-22-17-18-27(20-23(22)2)32(37(4,35)36)19-11-16-28(33)31(21-25-12-7-5-8-13-25)24(3)29(34)30-26-14-9-6-10-15-26/h5,7-8,12-13,17-18,20,24,26H,6,9-11,14-16,19,21H2,1-4H3,(H,30,34). The summed E-state index contributed by atoms with van der Waals surface area (Å²) in [6, 6.07) is 14.7. The second-order valence-corrected chi connectivity index (χ2v) is 12.1. The number of hydrogen-bond donors (Lipinski definition) is 1. The number of hydrogen-bond acceptors (Lipinski definition) is 4. The van der Waals surface area contributed by atoms with Crippen LogP contribution in [-0.2, 0) is 26.2 Å². The Hall–Kier alpha value is -2.87. The maximum atomic E-state index is 13.4. The molecule has 1 fully saturated rings. The fraction of sp³-hybridized carbons (Fsp3) is 0.517. The highest BCUT2D eigenvalue weighted by Crippen LogP contribution is 2.23. The molecule has 0 spiro atoms. The molecule has 2 amide bonds. The monoisotopic (exact) mass is 527 g/mol. The Bertz CT molecular complexity index is 1160. The molecular formula is C29H41N3O4S. The molecule has 1 unspecified atom stereocenters. The number of carbonyl (C=O) groups is 2. The van der Waals surface area contributed by atoms with Gasteiger partial charge in [0.25, 0.3) is 0 Å². The van der Waals surface area contributed by atoms with Gasteiger partial charge in [-0.2, -0.15) is 0 Å². The lowest BCUT2D eigenvalue weighted by Gasteiger charge is -2.31. The van der Waals surface area contributed by atoms with Crippen LogP contribution in [0.3, 0.4) is 0 Å².